The standard InChI is InChI=1S/C33H48N4O6/c1-30(2)18-26(19-31(3,4)36(30)40)42-28(38)34-24-13-9-22(10-14-24)17-23-11-15-25(16-12-23)35-29(39)43-27-20-32(5,6)37(41)33(7,8)21-27/h9-16,26-27,40-41H,17-21H2,1-8H3,(H,34,38)(H,35,39). The molecule has 2 heterocycles. The Bertz CT molecular complexity index is 1150. The maximum absolute atomic E-state index is 12.6. The van der Waals surface area contributed by atoms with E-state index in [1.54, 1.807) is 0 Å². The van der Waals surface area contributed by atoms with Gasteiger partial charge in [-0.25, -0.2) is 9.59 Å². The summed E-state index contributed by atoms with van der Waals surface area (Å²) in [6.07, 6.45) is 1.21. The third kappa shape index (κ3) is 8.06. The molecule has 0 radical (unpaired) electrons. The number of rotatable bonds is 6. The van der Waals surface area contributed by atoms with Gasteiger partial charge in [0.1, 0.15) is 12.2 Å². The molecule has 2 aliphatic heterocycles. The van der Waals surface area contributed by atoms with Crippen LogP contribution in [0.15, 0.2) is 48.5 Å². The highest BCUT2D eigenvalue weighted by Crippen LogP contribution is 2.39. The van der Waals surface area contributed by atoms with Crippen molar-refractivity contribution >= 4 is 23.6 Å². The smallest absolute Gasteiger partial charge is 0.411 e. The van der Waals surface area contributed by atoms with Gasteiger partial charge in [-0.05, 0) is 97.2 Å². The molecular weight excluding hydrogens is 548 g/mol. The third-order valence-corrected chi connectivity index (χ3v) is 8.56. The van der Waals surface area contributed by atoms with Gasteiger partial charge in [0.2, 0.25) is 0 Å². The quantitative estimate of drug-likeness (QED) is 0.276. The van der Waals surface area contributed by atoms with Gasteiger partial charge in [-0.15, -0.1) is 0 Å². The molecule has 10 nitrogen and oxygen atoms in total. The molecule has 0 bridgehead atoms. The predicted octanol–water partition coefficient (Wildman–Crippen LogP) is 7.20. The molecule has 2 amide bonds. The molecule has 2 saturated heterocycles. The Labute approximate surface area is 255 Å². The maximum atomic E-state index is 12.6. The minimum absolute atomic E-state index is 0.300. The predicted molar refractivity (Wildman–Crippen MR) is 166 cm³/mol. The largest absolute Gasteiger partial charge is 0.446 e. The van der Waals surface area contributed by atoms with Crippen LogP contribution in [0.5, 0.6) is 0 Å². The topological polar surface area (TPSA) is 124 Å². The lowest BCUT2D eigenvalue weighted by atomic mass is 9.80. The first-order valence-electron chi connectivity index (χ1n) is 15.0. The van der Waals surface area contributed by atoms with Gasteiger partial charge in [-0.3, -0.25) is 10.6 Å². The van der Waals surface area contributed by atoms with Gasteiger partial charge < -0.3 is 19.9 Å². The summed E-state index contributed by atoms with van der Waals surface area (Å²) >= 11 is 0. The Morgan fingerprint density at radius 2 is 0.907 bits per heavy atom. The molecule has 0 aromatic heterocycles. The van der Waals surface area contributed by atoms with Crippen LogP contribution in [-0.2, 0) is 15.9 Å². The maximum Gasteiger partial charge on any atom is 0.411 e. The molecule has 4 rings (SSSR count). The summed E-state index contributed by atoms with van der Waals surface area (Å²) in [6.45, 7) is 15.5. The van der Waals surface area contributed by atoms with Crippen molar-refractivity contribution in [2.75, 3.05) is 10.6 Å². The van der Waals surface area contributed by atoms with E-state index < -0.39 is 34.3 Å². The molecular formula is C33H48N4O6. The van der Waals surface area contributed by atoms with E-state index in [1.165, 1.54) is 10.1 Å². The number of nitrogens with zero attached hydrogens (tertiary/aromatic N) is 2. The number of hydroxylamine groups is 4. The number of benzene rings is 2. The molecule has 0 aliphatic carbocycles. The van der Waals surface area contributed by atoms with Crippen molar-refractivity contribution in [1.29, 1.82) is 0 Å². The first-order valence-corrected chi connectivity index (χ1v) is 15.0. The van der Waals surface area contributed by atoms with Crippen molar-refractivity contribution in [2.24, 2.45) is 0 Å². The SMILES string of the molecule is CC1(C)CC(OC(=O)Nc2ccc(Cc3ccc(NC(=O)OC4CC(C)(C)N(O)C(C)(C)C4)cc3)cc2)CC(C)(C)N1O. The van der Waals surface area contributed by atoms with Gasteiger partial charge in [-0.1, -0.05) is 24.3 Å². The van der Waals surface area contributed by atoms with Gasteiger partial charge in [0.25, 0.3) is 0 Å². The van der Waals surface area contributed by atoms with Crippen molar-refractivity contribution in [3.05, 3.63) is 59.7 Å². The average Bonchev–Trinajstić information content (AvgIpc) is 2.87. The number of carbonyl (C=O) groups is 2. The monoisotopic (exact) mass is 596 g/mol. The zero-order valence-electron chi connectivity index (χ0n) is 26.7. The number of piperidine rings is 2. The second kappa shape index (κ2) is 12.1. The van der Waals surface area contributed by atoms with E-state index in [0.717, 1.165) is 11.1 Å². The second-order valence-corrected chi connectivity index (χ2v) is 14.6. The lowest BCUT2D eigenvalue weighted by molar-refractivity contribution is -0.256. The second-order valence-electron chi connectivity index (χ2n) is 14.6. The lowest BCUT2D eigenvalue weighted by Crippen LogP contribution is -2.60. The fourth-order valence-electron chi connectivity index (χ4n) is 6.77. The molecule has 0 unspecified atom stereocenters. The van der Waals surface area contributed by atoms with Crippen LogP contribution in [0.25, 0.3) is 0 Å². The van der Waals surface area contributed by atoms with Gasteiger partial charge in [0, 0.05) is 59.2 Å². The molecule has 2 aromatic rings. The number of hydrogen-bond donors (Lipinski definition) is 4. The molecule has 236 valence electrons. The third-order valence-electron chi connectivity index (χ3n) is 8.56. The van der Waals surface area contributed by atoms with Crippen LogP contribution in [0, 0.1) is 0 Å². The van der Waals surface area contributed by atoms with E-state index in [-0.39, 0.29) is 12.2 Å². The van der Waals surface area contributed by atoms with E-state index in [9.17, 15) is 20.0 Å². The molecule has 0 saturated carbocycles. The molecule has 2 aromatic carbocycles. The summed E-state index contributed by atoms with van der Waals surface area (Å²) in [6, 6.07) is 15.2. The van der Waals surface area contributed by atoms with Gasteiger partial charge in [-0.2, -0.15) is 10.1 Å². The van der Waals surface area contributed by atoms with Crippen LogP contribution in [-0.4, -0.2) is 67.1 Å². The highest BCUT2D eigenvalue weighted by Gasteiger charge is 2.47. The number of anilines is 2. The van der Waals surface area contributed by atoms with Crippen molar-refractivity contribution < 1.29 is 29.5 Å². The average molecular weight is 597 g/mol. The molecule has 0 spiro atoms. The summed E-state index contributed by atoms with van der Waals surface area (Å²) < 4.78 is 11.4. The Kier molecular flexibility index (Phi) is 9.19. The summed E-state index contributed by atoms with van der Waals surface area (Å²) in [4.78, 5) is 25.2. The van der Waals surface area contributed by atoms with E-state index in [4.69, 9.17) is 9.47 Å². The fraction of sp³-hybridized carbons (Fsp3) is 0.576. The summed E-state index contributed by atoms with van der Waals surface area (Å²) in [5, 5.41) is 29.3. The zero-order valence-corrected chi connectivity index (χ0v) is 26.7. The molecule has 0 atom stereocenters. The van der Waals surface area contributed by atoms with Crippen LogP contribution in [0.2, 0.25) is 0 Å². The van der Waals surface area contributed by atoms with Gasteiger partial charge in [0.05, 0.1) is 0 Å². The van der Waals surface area contributed by atoms with Crippen LogP contribution in [0.1, 0.15) is 92.2 Å². The van der Waals surface area contributed by atoms with E-state index >= 15 is 0 Å². The Morgan fingerprint density at radius 1 is 0.628 bits per heavy atom. The van der Waals surface area contributed by atoms with Crippen molar-refractivity contribution in [3.63, 3.8) is 0 Å². The summed E-state index contributed by atoms with van der Waals surface area (Å²) in [5.74, 6) is 0. The lowest BCUT2D eigenvalue weighted by Gasteiger charge is -2.50. The highest BCUT2D eigenvalue weighted by molar-refractivity contribution is 5.85. The molecule has 2 fully saturated rings. The van der Waals surface area contributed by atoms with Gasteiger partial charge in [0.15, 0.2) is 0 Å². The minimum Gasteiger partial charge on any atom is -0.446 e. The van der Waals surface area contributed by atoms with Crippen LogP contribution in [0.4, 0.5) is 21.0 Å². The van der Waals surface area contributed by atoms with Crippen LogP contribution < -0.4 is 10.6 Å². The first-order chi connectivity index (χ1) is 19.9. The van der Waals surface area contributed by atoms with E-state index in [2.05, 4.69) is 10.6 Å². The normalized spacial score (nSPS) is 22.0. The molecule has 4 N–H and O–H groups in total. The van der Waals surface area contributed by atoms with E-state index in [1.807, 2.05) is 104 Å². The van der Waals surface area contributed by atoms with Crippen molar-refractivity contribution in [2.45, 2.75) is 122 Å². The number of hydrogen-bond acceptors (Lipinski definition) is 8. The zero-order chi connectivity index (χ0) is 31.8. The van der Waals surface area contributed by atoms with Crippen molar-refractivity contribution in [1.82, 2.24) is 10.1 Å². The Morgan fingerprint density at radius 3 is 1.19 bits per heavy atom. The number of nitrogens with one attached hydrogen (secondary N) is 2. The molecule has 2 aliphatic rings. The number of amides is 2. The fourth-order valence-corrected chi connectivity index (χ4v) is 6.77. The molecule has 43 heavy (non-hydrogen) atoms. The Balaban J connectivity index is 1.25. The number of carbonyl (C=O) groups excluding carboxylic acids is 2. The number of ether oxygens (including phenoxy) is 2. The minimum atomic E-state index is -0.511. The highest BCUT2D eigenvalue weighted by atomic mass is 16.6. The van der Waals surface area contributed by atoms with E-state index in [0.29, 0.717) is 43.5 Å². The summed E-state index contributed by atoms with van der Waals surface area (Å²) in [7, 11) is 0. The molecule has 10 heteroatoms. The van der Waals surface area contributed by atoms with Crippen LogP contribution in [0.3, 0.4) is 0 Å². The van der Waals surface area contributed by atoms with Crippen LogP contribution >= 0.6 is 0 Å². The first kappa shape index (κ1) is 32.7. The Hall–Kier alpha value is -3.18. The van der Waals surface area contributed by atoms with Crippen molar-refractivity contribution in [3.8, 4) is 0 Å². The summed E-state index contributed by atoms with van der Waals surface area (Å²) in [5.41, 5.74) is 1.41. The van der Waals surface area contributed by atoms with Gasteiger partial charge >= 0.3 is 12.2 Å².